The Labute approximate surface area is 162 Å². The van der Waals surface area contributed by atoms with E-state index in [1.807, 2.05) is 6.92 Å². The first-order valence-corrected chi connectivity index (χ1v) is 8.54. The van der Waals surface area contributed by atoms with Gasteiger partial charge >= 0.3 is 0 Å². The standard InChI is InChI=1S/C19H22N4O5/c1-4-27-18-10-14(8-9-17(18)28-13-19(24)22(2)3)12-20-21-15-6-5-7-16(11-15)23(25)26/h5-12,21H,4,13H2,1-3H3/b20-12-. The van der Waals surface area contributed by atoms with Crippen LogP contribution in [-0.2, 0) is 4.79 Å². The van der Waals surface area contributed by atoms with Crippen molar-refractivity contribution < 1.29 is 19.2 Å². The van der Waals surface area contributed by atoms with E-state index in [1.54, 1.807) is 50.6 Å². The Morgan fingerprint density at radius 2 is 2.00 bits per heavy atom. The topological polar surface area (TPSA) is 106 Å². The lowest BCUT2D eigenvalue weighted by atomic mass is 10.2. The minimum absolute atomic E-state index is 0.0207. The van der Waals surface area contributed by atoms with Crippen LogP contribution in [0.1, 0.15) is 12.5 Å². The number of carbonyl (C=O) groups is 1. The molecule has 0 aliphatic carbocycles. The first kappa shape index (κ1) is 20.7. The molecule has 0 radical (unpaired) electrons. The maximum absolute atomic E-state index is 11.7. The molecular weight excluding hydrogens is 364 g/mol. The summed E-state index contributed by atoms with van der Waals surface area (Å²) in [6.07, 6.45) is 1.55. The average Bonchev–Trinajstić information content (AvgIpc) is 2.67. The number of carbonyl (C=O) groups excluding carboxylic acids is 1. The summed E-state index contributed by atoms with van der Waals surface area (Å²) in [7, 11) is 3.31. The normalized spacial score (nSPS) is 10.5. The van der Waals surface area contributed by atoms with Crippen molar-refractivity contribution in [2.24, 2.45) is 5.10 Å². The van der Waals surface area contributed by atoms with E-state index >= 15 is 0 Å². The van der Waals surface area contributed by atoms with Crippen LogP contribution in [0.2, 0.25) is 0 Å². The summed E-state index contributed by atoms with van der Waals surface area (Å²) in [4.78, 5) is 23.5. The summed E-state index contributed by atoms with van der Waals surface area (Å²) >= 11 is 0. The van der Waals surface area contributed by atoms with Crippen molar-refractivity contribution in [3.8, 4) is 11.5 Å². The largest absolute Gasteiger partial charge is 0.490 e. The molecule has 0 aliphatic heterocycles. The van der Waals surface area contributed by atoms with Crippen LogP contribution in [0.3, 0.4) is 0 Å². The van der Waals surface area contributed by atoms with Gasteiger partial charge in [-0.1, -0.05) is 6.07 Å². The van der Waals surface area contributed by atoms with Crippen LogP contribution in [0.5, 0.6) is 11.5 Å². The number of benzene rings is 2. The molecule has 9 nitrogen and oxygen atoms in total. The number of likely N-dealkylation sites (N-methyl/N-ethyl adjacent to an activating group) is 1. The average molecular weight is 386 g/mol. The minimum Gasteiger partial charge on any atom is -0.490 e. The summed E-state index contributed by atoms with van der Waals surface area (Å²) in [5.74, 6) is 0.795. The zero-order valence-corrected chi connectivity index (χ0v) is 15.9. The molecule has 1 amide bonds. The zero-order chi connectivity index (χ0) is 20.5. The molecule has 0 saturated heterocycles. The van der Waals surface area contributed by atoms with Crippen molar-refractivity contribution in [2.75, 3.05) is 32.7 Å². The summed E-state index contributed by atoms with van der Waals surface area (Å²) in [6.45, 7) is 2.19. The third-order valence-electron chi connectivity index (χ3n) is 3.58. The number of hydrogen-bond donors (Lipinski definition) is 1. The highest BCUT2D eigenvalue weighted by Crippen LogP contribution is 2.28. The number of rotatable bonds is 9. The van der Waals surface area contributed by atoms with Crippen molar-refractivity contribution in [3.63, 3.8) is 0 Å². The zero-order valence-electron chi connectivity index (χ0n) is 15.9. The maximum Gasteiger partial charge on any atom is 0.271 e. The fourth-order valence-corrected chi connectivity index (χ4v) is 2.13. The van der Waals surface area contributed by atoms with Crippen molar-refractivity contribution >= 4 is 23.5 Å². The fourth-order valence-electron chi connectivity index (χ4n) is 2.13. The van der Waals surface area contributed by atoms with Crippen LogP contribution in [-0.4, -0.2) is 49.3 Å². The minimum atomic E-state index is -0.469. The molecular formula is C19H22N4O5. The molecule has 1 N–H and O–H groups in total. The van der Waals surface area contributed by atoms with E-state index in [0.717, 1.165) is 5.56 Å². The third kappa shape index (κ3) is 5.97. The summed E-state index contributed by atoms with van der Waals surface area (Å²) in [6, 6.07) is 11.2. The lowest BCUT2D eigenvalue weighted by Gasteiger charge is -2.14. The number of hydrogen-bond acceptors (Lipinski definition) is 7. The quantitative estimate of drug-likeness (QED) is 0.403. The molecule has 0 saturated carbocycles. The first-order chi connectivity index (χ1) is 13.4. The first-order valence-electron chi connectivity index (χ1n) is 8.54. The van der Waals surface area contributed by atoms with Gasteiger partial charge in [0.25, 0.3) is 11.6 Å². The van der Waals surface area contributed by atoms with Crippen molar-refractivity contribution in [1.29, 1.82) is 0 Å². The molecule has 0 heterocycles. The fraction of sp³-hybridized carbons (Fsp3) is 0.263. The van der Waals surface area contributed by atoms with E-state index in [2.05, 4.69) is 10.5 Å². The van der Waals surface area contributed by atoms with Crippen LogP contribution in [0.25, 0.3) is 0 Å². The van der Waals surface area contributed by atoms with Crippen molar-refractivity contribution in [3.05, 3.63) is 58.1 Å². The van der Waals surface area contributed by atoms with Gasteiger partial charge in [-0.3, -0.25) is 20.3 Å². The van der Waals surface area contributed by atoms with Crippen LogP contribution in [0, 0.1) is 10.1 Å². The predicted octanol–water partition coefficient (Wildman–Crippen LogP) is 2.91. The van der Waals surface area contributed by atoms with Gasteiger partial charge in [0.05, 0.1) is 23.4 Å². The number of nitro groups is 1. The Morgan fingerprint density at radius 1 is 1.21 bits per heavy atom. The molecule has 148 valence electrons. The third-order valence-corrected chi connectivity index (χ3v) is 3.58. The maximum atomic E-state index is 11.7. The molecule has 0 aromatic heterocycles. The Morgan fingerprint density at radius 3 is 2.68 bits per heavy atom. The lowest BCUT2D eigenvalue weighted by molar-refractivity contribution is -0.384. The molecule has 28 heavy (non-hydrogen) atoms. The Bertz CT molecular complexity index is 867. The van der Waals surface area contributed by atoms with Crippen LogP contribution in [0.15, 0.2) is 47.6 Å². The van der Waals surface area contributed by atoms with Crippen LogP contribution in [0.4, 0.5) is 11.4 Å². The molecule has 0 bridgehead atoms. The highest BCUT2D eigenvalue weighted by atomic mass is 16.6. The molecule has 2 aromatic rings. The van der Waals surface area contributed by atoms with E-state index in [-0.39, 0.29) is 18.2 Å². The predicted molar refractivity (Wildman–Crippen MR) is 106 cm³/mol. The van der Waals surface area contributed by atoms with E-state index in [1.165, 1.54) is 17.0 Å². The molecule has 9 heteroatoms. The smallest absolute Gasteiger partial charge is 0.271 e. The number of non-ortho nitro benzene ring substituents is 1. The van der Waals surface area contributed by atoms with Gasteiger partial charge in [-0.05, 0) is 36.8 Å². The van der Waals surface area contributed by atoms with Gasteiger partial charge in [-0.15, -0.1) is 0 Å². The number of nitrogens with one attached hydrogen (secondary N) is 1. The lowest BCUT2D eigenvalue weighted by Crippen LogP contribution is -2.27. The molecule has 0 unspecified atom stereocenters. The van der Waals surface area contributed by atoms with Gasteiger partial charge in [-0.25, -0.2) is 0 Å². The highest BCUT2D eigenvalue weighted by Gasteiger charge is 2.10. The van der Waals surface area contributed by atoms with E-state index in [0.29, 0.717) is 23.8 Å². The van der Waals surface area contributed by atoms with Gasteiger partial charge < -0.3 is 14.4 Å². The summed E-state index contributed by atoms with van der Waals surface area (Å²) in [5, 5.41) is 14.9. The number of amides is 1. The van der Waals surface area contributed by atoms with Gasteiger partial charge in [-0.2, -0.15) is 5.10 Å². The summed E-state index contributed by atoms with van der Waals surface area (Å²) < 4.78 is 11.1. The molecule has 0 aliphatic rings. The summed E-state index contributed by atoms with van der Waals surface area (Å²) in [5.41, 5.74) is 3.96. The highest BCUT2D eigenvalue weighted by molar-refractivity contribution is 5.82. The van der Waals surface area contributed by atoms with Gasteiger partial charge in [0.15, 0.2) is 18.1 Å². The Hall–Kier alpha value is -3.62. The second-order valence-corrected chi connectivity index (χ2v) is 5.89. The number of nitro benzene ring substituents is 1. The second kappa shape index (κ2) is 9.91. The number of hydrazone groups is 1. The van der Waals surface area contributed by atoms with Gasteiger partial charge in [0, 0.05) is 26.2 Å². The van der Waals surface area contributed by atoms with Gasteiger partial charge in [0.1, 0.15) is 0 Å². The van der Waals surface area contributed by atoms with E-state index in [9.17, 15) is 14.9 Å². The molecule has 0 spiro atoms. The SMILES string of the molecule is CCOc1cc(/C=N\Nc2cccc([N+](=O)[O-])c2)ccc1OCC(=O)N(C)C. The van der Waals surface area contributed by atoms with E-state index < -0.39 is 4.92 Å². The van der Waals surface area contributed by atoms with Crippen molar-refractivity contribution in [1.82, 2.24) is 4.90 Å². The number of ether oxygens (including phenoxy) is 2. The van der Waals surface area contributed by atoms with Crippen molar-refractivity contribution in [2.45, 2.75) is 6.92 Å². The van der Waals surface area contributed by atoms with E-state index in [4.69, 9.17) is 9.47 Å². The number of anilines is 1. The Balaban J connectivity index is 2.08. The molecule has 0 atom stereocenters. The van der Waals surface area contributed by atoms with Crippen LogP contribution >= 0.6 is 0 Å². The Kier molecular flexibility index (Phi) is 7.32. The number of nitrogens with zero attached hydrogens (tertiary/aromatic N) is 3. The second-order valence-electron chi connectivity index (χ2n) is 5.89. The molecule has 2 aromatic carbocycles. The van der Waals surface area contributed by atoms with Crippen LogP contribution < -0.4 is 14.9 Å². The van der Waals surface area contributed by atoms with Gasteiger partial charge in [0.2, 0.25) is 0 Å². The molecule has 0 fully saturated rings. The monoisotopic (exact) mass is 386 g/mol. The molecule has 2 rings (SSSR count).